The van der Waals surface area contributed by atoms with E-state index in [1.807, 2.05) is 0 Å². The van der Waals surface area contributed by atoms with Crippen LogP contribution in [0.15, 0.2) is 194 Å². The zero-order valence-electron chi connectivity index (χ0n) is 36.0. The average Bonchev–Trinajstić information content (AvgIpc) is 3.81. The third-order valence-corrected chi connectivity index (χ3v) is 11.9. The maximum absolute atomic E-state index is 2.39. The number of nitrogens with zero attached hydrogens (tertiary/aromatic N) is 4. The van der Waals surface area contributed by atoms with Crippen LogP contribution in [-0.4, -0.2) is 23.2 Å². The number of benzene rings is 8. The monoisotopic (exact) mass is 794 g/mol. The summed E-state index contributed by atoms with van der Waals surface area (Å²) in [5.41, 5.74) is 15.0. The molecule has 4 heteroatoms. The van der Waals surface area contributed by atoms with Crippen molar-refractivity contribution in [3.8, 4) is 11.4 Å². The first-order valence-corrected chi connectivity index (χ1v) is 21.7. The lowest BCUT2D eigenvalue weighted by atomic mass is 10.0. The largest absolute Gasteiger partial charge is 0.345 e. The van der Waals surface area contributed by atoms with Crippen LogP contribution >= 0.6 is 0 Å². The molecular formula is C57H54N4. The Hall–Kier alpha value is -7.04. The summed E-state index contributed by atoms with van der Waals surface area (Å²) in [7, 11) is 4.27. The van der Waals surface area contributed by atoms with Crippen LogP contribution in [0.25, 0.3) is 55.0 Å². The zero-order chi connectivity index (χ0) is 41.9. The average molecular weight is 795 g/mol. The van der Waals surface area contributed by atoms with E-state index in [0.29, 0.717) is 5.92 Å². The highest BCUT2D eigenvalue weighted by atomic mass is 15.1. The molecule has 2 aromatic heterocycles. The van der Waals surface area contributed by atoms with Crippen molar-refractivity contribution in [3.63, 3.8) is 0 Å². The highest BCUT2D eigenvalue weighted by Crippen LogP contribution is 2.38. The van der Waals surface area contributed by atoms with Crippen molar-refractivity contribution < 1.29 is 0 Å². The number of fused-ring (bicyclic) bond motifs is 6. The second-order valence-corrected chi connectivity index (χ2v) is 16.6. The summed E-state index contributed by atoms with van der Waals surface area (Å²) in [5.74, 6) is 0.639. The van der Waals surface area contributed by atoms with Crippen LogP contribution in [0.5, 0.6) is 0 Å². The van der Waals surface area contributed by atoms with Crippen molar-refractivity contribution in [3.05, 3.63) is 205 Å². The Morgan fingerprint density at radius 1 is 0.393 bits per heavy atom. The smallest absolute Gasteiger partial charge is 0.0542 e. The Labute approximate surface area is 360 Å². The summed E-state index contributed by atoms with van der Waals surface area (Å²) < 4.78 is 4.77. The number of para-hydroxylation sites is 4. The molecule has 10 rings (SSSR count). The quantitative estimate of drug-likeness (QED) is 0.137. The molecule has 0 bridgehead atoms. The molecule has 2 heterocycles. The van der Waals surface area contributed by atoms with Gasteiger partial charge in [-0.2, -0.15) is 0 Å². The molecule has 0 unspecified atom stereocenters. The summed E-state index contributed by atoms with van der Waals surface area (Å²) in [6.07, 6.45) is 3.36. The SMILES string of the molecule is CC(C)Cc1ccc2c(c1)c1cc(N(C)c3ccccc3)ccc1n2-c1ccccc1.CCCc1ccc2c(c1)c1cc(N(C)c3ccccc3)ccc1n2-c1ccccc1. The summed E-state index contributed by atoms with van der Waals surface area (Å²) in [6.45, 7) is 6.80. The van der Waals surface area contributed by atoms with E-state index < -0.39 is 0 Å². The summed E-state index contributed by atoms with van der Waals surface area (Å²) in [5, 5.41) is 5.24. The van der Waals surface area contributed by atoms with Crippen LogP contribution < -0.4 is 9.80 Å². The first-order valence-electron chi connectivity index (χ1n) is 21.7. The minimum atomic E-state index is 0.639. The summed E-state index contributed by atoms with van der Waals surface area (Å²) in [6, 6.07) is 69.9. The number of aromatic nitrogens is 2. The molecule has 0 aliphatic carbocycles. The van der Waals surface area contributed by atoms with E-state index in [1.54, 1.807) is 0 Å². The van der Waals surface area contributed by atoms with Crippen molar-refractivity contribution in [2.75, 3.05) is 23.9 Å². The minimum Gasteiger partial charge on any atom is -0.345 e. The van der Waals surface area contributed by atoms with Gasteiger partial charge in [0.25, 0.3) is 0 Å². The van der Waals surface area contributed by atoms with Crippen LogP contribution in [0.1, 0.15) is 38.3 Å². The normalized spacial score (nSPS) is 11.4. The topological polar surface area (TPSA) is 16.3 Å². The lowest BCUT2D eigenvalue weighted by Crippen LogP contribution is -2.08. The first-order chi connectivity index (χ1) is 29.9. The molecule has 0 spiro atoms. The Bertz CT molecular complexity index is 3050. The molecule has 61 heavy (non-hydrogen) atoms. The Balaban J connectivity index is 0.000000156. The molecule has 0 saturated heterocycles. The maximum atomic E-state index is 2.39. The van der Waals surface area contributed by atoms with Gasteiger partial charge in [-0.3, -0.25) is 0 Å². The lowest BCUT2D eigenvalue weighted by Gasteiger charge is -2.19. The zero-order valence-corrected chi connectivity index (χ0v) is 36.0. The number of anilines is 4. The van der Waals surface area contributed by atoms with E-state index in [9.17, 15) is 0 Å². The highest BCUT2D eigenvalue weighted by molar-refractivity contribution is 6.11. The fourth-order valence-electron chi connectivity index (χ4n) is 8.89. The Morgan fingerprint density at radius 3 is 1.16 bits per heavy atom. The van der Waals surface area contributed by atoms with E-state index >= 15 is 0 Å². The fourth-order valence-corrected chi connectivity index (χ4v) is 8.89. The van der Waals surface area contributed by atoms with E-state index in [0.717, 1.165) is 19.3 Å². The standard InChI is InChI=1S/C29H28N2.C28H26N2/c1-21(2)18-22-14-16-28-26(19-22)27-20-25(30(3)23-10-6-4-7-11-23)15-17-29(27)31(28)24-12-8-5-9-13-24;1-3-10-21-15-17-27-25(19-21)26-20-24(29(2)22-11-6-4-7-12-22)16-18-28(26)30(27)23-13-8-5-9-14-23/h4-17,19-21H,18H2,1-3H3;4-9,11-20H,3,10H2,1-2H3. The molecule has 10 aromatic rings. The number of rotatable bonds is 10. The summed E-state index contributed by atoms with van der Waals surface area (Å²) >= 11 is 0. The van der Waals surface area contributed by atoms with Crippen molar-refractivity contribution in [2.45, 2.75) is 40.0 Å². The number of aryl methyl sites for hydroxylation is 1. The molecular weight excluding hydrogens is 741 g/mol. The van der Waals surface area contributed by atoms with E-state index in [-0.39, 0.29) is 0 Å². The van der Waals surface area contributed by atoms with Crippen molar-refractivity contribution in [1.29, 1.82) is 0 Å². The van der Waals surface area contributed by atoms with Gasteiger partial charge in [0, 0.05) is 69.8 Å². The fraction of sp³-hybridized carbons (Fsp3) is 0.158. The van der Waals surface area contributed by atoms with Crippen LogP contribution in [0.4, 0.5) is 22.7 Å². The lowest BCUT2D eigenvalue weighted by molar-refractivity contribution is 0.648. The second-order valence-electron chi connectivity index (χ2n) is 16.6. The van der Waals surface area contributed by atoms with E-state index in [1.165, 1.54) is 88.9 Å². The Kier molecular flexibility index (Phi) is 11.2. The first kappa shape index (κ1) is 39.4. The number of hydrogen-bond acceptors (Lipinski definition) is 2. The highest BCUT2D eigenvalue weighted by Gasteiger charge is 2.17. The van der Waals surface area contributed by atoms with Gasteiger partial charge in [-0.1, -0.05) is 112 Å². The van der Waals surface area contributed by atoms with Gasteiger partial charge in [0.1, 0.15) is 0 Å². The van der Waals surface area contributed by atoms with Gasteiger partial charge in [0.15, 0.2) is 0 Å². The van der Waals surface area contributed by atoms with Gasteiger partial charge in [-0.05, 0) is 139 Å². The molecule has 0 aliphatic rings. The molecule has 0 N–H and O–H groups in total. The van der Waals surface area contributed by atoms with Gasteiger partial charge >= 0.3 is 0 Å². The van der Waals surface area contributed by atoms with Gasteiger partial charge in [0.2, 0.25) is 0 Å². The molecule has 0 amide bonds. The molecule has 4 nitrogen and oxygen atoms in total. The molecule has 8 aromatic carbocycles. The molecule has 0 atom stereocenters. The summed E-state index contributed by atoms with van der Waals surface area (Å²) in [4.78, 5) is 4.50. The van der Waals surface area contributed by atoms with Gasteiger partial charge < -0.3 is 18.9 Å². The number of hydrogen-bond donors (Lipinski definition) is 0. The molecule has 302 valence electrons. The second kappa shape index (κ2) is 17.3. The Morgan fingerprint density at radius 2 is 0.754 bits per heavy atom. The van der Waals surface area contributed by atoms with E-state index in [2.05, 4.69) is 248 Å². The van der Waals surface area contributed by atoms with Crippen LogP contribution in [0, 0.1) is 5.92 Å². The third-order valence-electron chi connectivity index (χ3n) is 11.9. The van der Waals surface area contributed by atoms with Crippen LogP contribution in [0.2, 0.25) is 0 Å². The molecule has 0 radical (unpaired) electrons. The predicted octanol–water partition coefficient (Wildman–Crippen LogP) is 15.3. The van der Waals surface area contributed by atoms with Gasteiger partial charge in [0.05, 0.1) is 22.1 Å². The molecule has 0 fully saturated rings. The van der Waals surface area contributed by atoms with E-state index in [4.69, 9.17) is 0 Å². The van der Waals surface area contributed by atoms with Crippen molar-refractivity contribution in [2.24, 2.45) is 5.92 Å². The van der Waals surface area contributed by atoms with Crippen molar-refractivity contribution >= 4 is 66.4 Å². The predicted molar refractivity (Wildman–Crippen MR) is 263 cm³/mol. The van der Waals surface area contributed by atoms with Gasteiger partial charge in [-0.25, -0.2) is 0 Å². The van der Waals surface area contributed by atoms with Crippen LogP contribution in [-0.2, 0) is 12.8 Å². The van der Waals surface area contributed by atoms with Crippen LogP contribution in [0.3, 0.4) is 0 Å². The minimum absolute atomic E-state index is 0.639. The van der Waals surface area contributed by atoms with Gasteiger partial charge in [-0.15, -0.1) is 0 Å². The third kappa shape index (κ3) is 7.90. The molecule has 0 aliphatic heterocycles. The maximum Gasteiger partial charge on any atom is 0.0542 e. The molecule has 0 saturated carbocycles. The van der Waals surface area contributed by atoms with Crippen molar-refractivity contribution in [1.82, 2.24) is 9.13 Å².